The van der Waals surface area contributed by atoms with Crippen molar-refractivity contribution in [2.24, 2.45) is 5.73 Å². The van der Waals surface area contributed by atoms with Gasteiger partial charge in [0.15, 0.2) is 0 Å². The van der Waals surface area contributed by atoms with E-state index in [0.29, 0.717) is 6.54 Å². The Hall–Kier alpha value is -0.600. The molecule has 0 bridgehead atoms. The van der Waals surface area contributed by atoms with E-state index in [0.717, 1.165) is 5.56 Å². The summed E-state index contributed by atoms with van der Waals surface area (Å²) in [7, 11) is 0. The molecule has 0 saturated heterocycles. The number of nitrogens with two attached hydrogens (primary N) is 1. The van der Waals surface area contributed by atoms with Crippen molar-refractivity contribution in [2.45, 2.75) is 5.92 Å². The van der Waals surface area contributed by atoms with Crippen LogP contribution in [0.1, 0.15) is 11.5 Å². The zero-order valence-electron chi connectivity index (χ0n) is 6.74. The molecule has 0 radical (unpaired) electrons. The van der Waals surface area contributed by atoms with E-state index in [9.17, 15) is 4.39 Å². The van der Waals surface area contributed by atoms with E-state index < -0.39 is 0 Å². The van der Waals surface area contributed by atoms with Gasteiger partial charge in [0, 0.05) is 12.5 Å². The maximum atomic E-state index is 12.3. The molecular formula is C9H13ClFN. The Morgan fingerprint density at radius 3 is 2.25 bits per heavy atom. The summed E-state index contributed by atoms with van der Waals surface area (Å²) in [5.74, 6) is -0.129. The smallest absolute Gasteiger partial charge is 0.0975 e. The van der Waals surface area contributed by atoms with E-state index >= 15 is 0 Å². The van der Waals surface area contributed by atoms with Gasteiger partial charge in [-0.1, -0.05) is 30.3 Å². The van der Waals surface area contributed by atoms with Gasteiger partial charge < -0.3 is 5.73 Å². The van der Waals surface area contributed by atoms with E-state index in [1.54, 1.807) is 0 Å². The normalized spacial score (nSPS) is 11.8. The molecule has 0 unspecified atom stereocenters. The Bertz CT molecular complexity index is 199. The largest absolute Gasteiger partial charge is 0.330 e. The third-order valence-corrected chi connectivity index (χ3v) is 1.74. The van der Waals surface area contributed by atoms with Crippen LogP contribution in [0, 0.1) is 0 Å². The molecule has 0 aliphatic heterocycles. The third-order valence-electron chi connectivity index (χ3n) is 1.74. The molecule has 1 atom stereocenters. The van der Waals surface area contributed by atoms with Crippen LogP contribution in [0.3, 0.4) is 0 Å². The maximum absolute atomic E-state index is 12.3. The number of benzene rings is 1. The fraction of sp³-hybridized carbons (Fsp3) is 0.333. The predicted octanol–water partition coefficient (Wildman–Crippen LogP) is 2.12. The predicted molar refractivity (Wildman–Crippen MR) is 51.5 cm³/mol. The van der Waals surface area contributed by atoms with Crippen LogP contribution in [-0.4, -0.2) is 13.2 Å². The lowest BCUT2D eigenvalue weighted by atomic mass is 10.0. The van der Waals surface area contributed by atoms with Crippen molar-refractivity contribution in [1.82, 2.24) is 0 Å². The molecule has 0 heterocycles. The summed E-state index contributed by atoms with van der Waals surface area (Å²) in [6.45, 7) is 0.00102. The van der Waals surface area contributed by atoms with Crippen molar-refractivity contribution in [3.05, 3.63) is 35.9 Å². The number of halogens is 2. The maximum Gasteiger partial charge on any atom is 0.0975 e. The van der Waals surface area contributed by atoms with E-state index in [1.165, 1.54) is 0 Å². The Morgan fingerprint density at radius 2 is 1.83 bits per heavy atom. The van der Waals surface area contributed by atoms with Crippen LogP contribution in [0.25, 0.3) is 0 Å². The lowest BCUT2D eigenvalue weighted by Gasteiger charge is -2.09. The minimum atomic E-state index is -0.374. The summed E-state index contributed by atoms with van der Waals surface area (Å²) in [4.78, 5) is 0. The highest BCUT2D eigenvalue weighted by Crippen LogP contribution is 2.13. The van der Waals surface area contributed by atoms with E-state index in [4.69, 9.17) is 5.73 Å². The molecule has 0 saturated carbocycles. The number of hydrogen-bond donors (Lipinski definition) is 1. The van der Waals surface area contributed by atoms with Crippen LogP contribution >= 0.6 is 12.4 Å². The lowest BCUT2D eigenvalue weighted by Crippen LogP contribution is -2.13. The van der Waals surface area contributed by atoms with Crippen LogP contribution in [0.5, 0.6) is 0 Å². The first kappa shape index (κ1) is 11.4. The molecule has 0 aromatic heterocycles. The standard InChI is InChI=1S/C9H12FN.ClH/c10-6-9(7-11)8-4-2-1-3-5-8;/h1-5,9H,6-7,11H2;1H/t9-;/m1./s1. The highest BCUT2D eigenvalue weighted by atomic mass is 35.5. The summed E-state index contributed by atoms with van der Waals surface area (Å²) in [6, 6.07) is 9.50. The molecule has 0 amide bonds. The molecule has 1 aromatic rings. The first-order chi connectivity index (χ1) is 5.38. The lowest BCUT2D eigenvalue weighted by molar-refractivity contribution is 0.434. The van der Waals surface area contributed by atoms with Crippen LogP contribution in [0.15, 0.2) is 30.3 Å². The first-order valence-electron chi connectivity index (χ1n) is 3.69. The molecule has 1 nitrogen and oxygen atoms in total. The average molecular weight is 190 g/mol. The molecule has 1 aromatic carbocycles. The van der Waals surface area contributed by atoms with Gasteiger partial charge in [0.1, 0.15) is 0 Å². The monoisotopic (exact) mass is 189 g/mol. The highest BCUT2D eigenvalue weighted by Gasteiger charge is 2.06. The summed E-state index contributed by atoms with van der Waals surface area (Å²) in [5.41, 5.74) is 6.36. The summed E-state index contributed by atoms with van der Waals surface area (Å²) >= 11 is 0. The molecular weight excluding hydrogens is 177 g/mol. The Labute approximate surface area is 78.2 Å². The average Bonchev–Trinajstić information content (AvgIpc) is 2.09. The molecule has 68 valence electrons. The zero-order valence-corrected chi connectivity index (χ0v) is 7.56. The second-order valence-corrected chi connectivity index (χ2v) is 2.50. The molecule has 1 rings (SSSR count). The Balaban J connectivity index is 0.00000121. The topological polar surface area (TPSA) is 26.0 Å². The van der Waals surface area contributed by atoms with Crippen LogP contribution < -0.4 is 5.73 Å². The molecule has 0 aliphatic carbocycles. The molecule has 12 heavy (non-hydrogen) atoms. The van der Waals surface area contributed by atoms with Crippen LogP contribution in [-0.2, 0) is 0 Å². The first-order valence-corrected chi connectivity index (χ1v) is 3.69. The molecule has 3 heteroatoms. The minimum absolute atomic E-state index is 0. The van der Waals surface area contributed by atoms with Gasteiger partial charge in [-0.05, 0) is 5.56 Å². The highest BCUT2D eigenvalue weighted by molar-refractivity contribution is 5.85. The summed E-state index contributed by atoms with van der Waals surface area (Å²) < 4.78 is 12.3. The van der Waals surface area contributed by atoms with Gasteiger partial charge in [0.2, 0.25) is 0 Å². The number of alkyl halides is 1. The van der Waals surface area contributed by atoms with Gasteiger partial charge in [-0.2, -0.15) is 0 Å². The van der Waals surface area contributed by atoms with Crippen molar-refractivity contribution in [3.8, 4) is 0 Å². The number of hydrogen-bond acceptors (Lipinski definition) is 1. The molecule has 0 aliphatic rings. The van der Waals surface area contributed by atoms with Crippen LogP contribution in [0.4, 0.5) is 4.39 Å². The quantitative estimate of drug-likeness (QED) is 0.775. The SMILES string of the molecule is Cl.NC[C@@H](CF)c1ccccc1. The molecule has 2 N–H and O–H groups in total. The number of rotatable bonds is 3. The van der Waals surface area contributed by atoms with Gasteiger partial charge >= 0.3 is 0 Å². The van der Waals surface area contributed by atoms with Gasteiger partial charge in [-0.25, -0.2) is 0 Å². The summed E-state index contributed by atoms with van der Waals surface area (Å²) in [6.07, 6.45) is 0. The molecule has 0 spiro atoms. The molecule has 0 fully saturated rings. The second-order valence-electron chi connectivity index (χ2n) is 2.50. The van der Waals surface area contributed by atoms with Crippen molar-refractivity contribution >= 4 is 12.4 Å². The van der Waals surface area contributed by atoms with Gasteiger partial charge in [-0.3, -0.25) is 4.39 Å². The van der Waals surface area contributed by atoms with Crippen molar-refractivity contribution in [2.75, 3.05) is 13.2 Å². The Kier molecular flexibility index (Phi) is 5.68. The second kappa shape index (κ2) is 5.98. The summed E-state index contributed by atoms with van der Waals surface area (Å²) in [5, 5.41) is 0. The van der Waals surface area contributed by atoms with Crippen molar-refractivity contribution in [3.63, 3.8) is 0 Å². The van der Waals surface area contributed by atoms with Crippen molar-refractivity contribution < 1.29 is 4.39 Å². The van der Waals surface area contributed by atoms with E-state index in [2.05, 4.69) is 0 Å². The zero-order chi connectivity index (χ0) is 8.10. The van der Waals surface area contributed by atoms with Crippen LogP contribution in [0.2, 0.25) is 0 Å². The third kappa shape index (κ3) is 2.80. The van der Waals surface area contributed by atoms with E-state index in [1.807, 2.05) is 30.3 Å². The Morgan fingerprint density at radius 1 is 1.25 bits per heavy atom. The van der Waals surface area contributed by atoms with Crippen molar-refractivity contribution in [1.29, 1.82) is 0 Å². The minimum Gasteiger partial charge on any atom is -0.330 e. The fourth-order valence-electron chi connectivity index (χ4n) is 1.01. The van der Waals surface area contributed by atoms with E-state index in [-0.39, 0.29) is 25.0 Å². The van der Waals surface area contributed by atoms with Gasteiger partial charge in [0.25, 0.3) is 0 Å². The fourth-order valence-corrected chi connectivity index (χ4v) is 1.01. The van der Waals surface area contributed by atoms with Gasteiger partial charge in [-0.15, -0.1) is 12.4 Å². The van der Waals surface area contributed by atoms with Gasteiger partial charge in [0.05, 0.1) is 6.67 Å².